The predicted octanol–water partition coefficient (Wildman–Crippen LogP) is 3.79. The quantitative estimate of drug-likeness (QED) is 0.702. The summed E-state index contributed by atoms with van der Waals surface area (Å²) in [7, 11) is 0. The zero-order valence-corrected chi connectivity index (χ0v) is 9.77. The highest BCUT2D eigenvalue weighted by molar-refractivity contribution is 5.95. The zero-order valence-electron chi connectivity index (χ0n) is 9.77. The molecule has 0 amide bonds. The van der Waals surface area contributed by atoms with Crippen molar-refractivity contribution in [3.63, 3.8) is 0 Å². The van der Waals surface area contributed by atoms with Crippen molar-refractivity contribution in [2.24, 2.45) is 0 Å². The number of benzene rings is 2. The third kappa shape index (κ3) is 1.62. The van der Waals surface area contributed by atoms with Crippen molar-refractivity contribution in [3.05, 3.63) is 54.1 Å². The molecule has 2 aromatic carbocycles. The molecule has 0 saturated heterocycles. The van der Waals surface area contributed by atoms with Gasteiger partial charge in [0.2, 0.25) is 0 Å². The molecule has 0 fully saturated rings. The number of nitrogens with one attached hydrogen (secondary N) is 1. The normalized spacial score (nSPS) is 10.9. The highest BCUT2D eigenvalue weighted by Crippen LogP contribution is 2.28. The maximum absolute atomic E-state index is 4.45. The second-order valence-corrected chi connectivity index (χ2v) is 4.13. The first kappa shape index (κ1) is 10.1. The smallest absolute Gasteiger partial charge is 0.100 e. The maximum atomic E-state index is 4.45. The molecule has 0 aliphatic rings. The molecule has 2 nitrogen and oxygen atoms in total. The zero-order chi connectivity index (χ0) is 11.7. The van der Waals surface area contributed by atoms with E-state index in [9.17, 15) is 0 Å². The van der Waals surface area contributed by atoms with Crippen molar-refractivity contribution in [2.45, 2.75) is 13.3 Å². The molecule has 1 aromatic heterocycles. The van der Waals surface area contributed by atoms with Crippen LogP contribution in [0.1, 0.15) is 12.5 Å². The van der Waals surface area contributed by atoms with E-state index in [1.165, 1.54) is 16.5 Å². The Morgan fingerprint density at radius 2 is 1.82 bits per heavy atom. The summed E-state index contributed by atoms with van der Waals surface area (Å²) in [5.74, 6) is 0. The van der Waals surface area contributed by atoms with E-state index >= 15 is 0 Å². The van der Waals surface area contributed by atoms with Crippen LogP contribution in [-0.4, -0.2) is 10.2 Å². The average Bonchev–Trinajstić information content (AvgIpc) is 2.83. The van der Waals surface area contributed by atoms with E-state index in [4.69, 9.17) is 0 Å². The molecule has 3 rings (SSSR count). The summed E-state index contributed by atoms with van der Waals surface area (Å²) >= 11 is 0. The lowest BCUT2D eigenvalue weighted by Crippen LogP contribution is -1.84. The van der Waals surface area contributed by atoms with Gasteiger partial charge in [-0.05, 0) is 18.1 Å². The summed E-state index contributed by atoms with van der Waals surface area (Å²) < 4.78 is 0. The SMILES string of the molecule is CCc1cccc2[nH]nc(-c3ccccc3)c12. The molecule has 0 atom stereocenters. The Kier molecular flexibility index (Phi) is 2.41. The van der Waals surface area contributed by atoms with Gasteiger partial charge < -0.3 is 0 Å². The molecular weight excluding hydrogens is 208 g/mol. The molecule has 0 spiro atoms. The fourth-order valence-electron chi connectivity index (χ4n) is 2.24. The number of aryl methyl sites for hydroxylation is 1. The van der Waals surface area contributed by atoms with Gasteiger partial charge in [0.25, 0.3) is 0 Å². The number of fused-ring (bicyclic) bond motifs is 1. The van der Waals surface area contributed by atoms with Crippen LogP contribution >= 0.6 is 0 Å². The van der Waals surface area contributed by atoms with Crippen LogP contribution in [0.3, 0.4) is 0 Å². The molecule has 2 heteroatoms. The molecule has 1 heterocycles. The van der Waals surface area contributed by atoms with Crippen molar-refractivity contribution in [1.29, 1.82) is 0 Å². The van der Waals surface area contributed by atoms with Crippen LogP contribution in [0.2, 0.25) is 0 Å². The number of rotatable bonds is 2. The van der Waals surface area contributed by atoms with E-state index in [1.807, 2.05) is 18.2 Å². The Hall–Kier alpha value is -2.09. The molecule has 0 saturated carbocycles. The molecule has 0 unspecified atom stereocenters. The highest BCUT2D eigenvalue weighted by atomic mass is 15.1. The van der Waals surface area contributed by atoms with E-state index in [-0.39, 0.29) is 0 Å². The molecule has 17 heavy (non-hydrogen) atoms. The maximum Gasteiger partial charge on any atom is 0.100 e. The van der Waals surface area contributed by atoms with Gasteiger partial charge in [-0.25, -0.2) is 0 Å². The summed E-state index contributed by atoms with van der Waals surface area (Å²) in [5, 5.41) is 8.81. The number of hydrogen-bond acceptors (Lipinski definition) is 1. The molecule has 1 N–H and O–H groups in total. The third-order valence-corrected chi connectivity index (χ3v) is 3.10. The van der Waals surface area contributed by atoms with Gasteiger partial charge in [-0.1, -0.05) is 49.4 Å². The van der Waals surface area contributed by atoms with Crippen molar-refractivity contribution in [2.75, 3.05) is 0 Å². The number of aromatic nitrogens is 2. The Morgan fingerprint density at radius 1 is 1.00 bits per heavy atom. The summed E-state index contributed by atoms with van der Waals surface area (Å²) in [6.45, 7) is 2.18. The lowest BCUT2D eigenvalue weighted by molar-refractivity contribution is 1.12. The van der Waals surface area contributed by atoms with Crippen LogP contribution in [0.5, 0.6) is 0 Å². The summed E-state index contributed by atoms with van der Waals surface area (Å²) in [6.07, 6.45) is 1.02. The minimum absolute atomic E-state index is 1.02. The van der Waals surface area contributed by atoms with Gasteiger partial charge >= 0.3 is 0 Å². The molecule has 0 aliphatic carbocycles. The van der Waals surface area contributed by atoms with Crippen molar-refractivity contribution >= 4 is 10.9 Å². The highest BCUT2D eigenvalue weighted by Gasteiger charge is 2.10. The monoisotopic (exact) mass is 222 g/mol. The second-order valence-electron chi connectivity index (χ2n) is 4.13. The fraction of sp³-hybridized carbons (Fsp3) is 0.133. The van der Waals surface area contributed by atoms with E-state index in [0.717, 1.165) is 17.6 Å². The first-order valence-electron chi connectivity index (χ1n) is 5.91. The van der Waals surface area contributed by atoms with Crippen LogP contribution in [-0.2, 0) is 6.42 Å². The van der Waals surface area contributed by atoms with E-state index < -0.39 is 0 Å². The van der Waals surface area contributed by atoms with Crippen molar-refractivity contribution < 1.29 is 0 Å². The molecule has 3 aromatic rings. The molecule has 84 valence electrons. The molecule has 0 aliphatic heterocycles. The Balaban J connectivity index is 2.31. The summed E-state index contributed by atoms with van der Waals surface area (Å²) in [5.41, 5.74) is 4.68. The topological polar surface area (TPSA) is 28.7 Å². The number of aromatic amines is 1. The third-order valence-electron chi connectivity index (χ3n) is 3.10. The largest absolute Gasteiger partial charge is 0.277 e. The molecule has 0 radical (unpaired) electrons. The Morgan fingerprint density at radius 3 is 2.59 bits per heavy atom. The minimum Gasteiger partial charge on any atom is -0.277 e. The van der Waals surface area contributed by atoms with Crippen molar-refractivity contribution in [1.82, 2.24) is 10.2 Å². The van der Waals surface area contributed by atoms with Crippen LogP contribution in [0.4, 0.5) is 0 Å². The number of hydrogen-bond donors (Lipinski definition) is 1. The van der Waals surface area contributed by atoms with Gasteiger partial charge in [-0.15, -0.1) is 0 Å². The van der Waals surface area contributed by atoms with Gasteiger partial charge in [0.1, 0.15) is 5.69 Å². The van der Waals surface area contributed by atoms with Gasteiger partial charge in [-0.2, -0.15) is 5.10 Å². The number of H-pyrrole nitrogens is 1. The van der Waals surface area contributed by atoms with Gasteiger partial charge in [0.05, 0.1) is 5.52 Å². The number of nitrogens with zero attached hydrogens (tertiary/aromatic N) is 1. The lowest BCUT2D eigenvalue weighted by atomic mass is 10.0. The molecule has 0 bridgehead atoms. The van der Waals surface area contributed by atoms with E-state index in [2.05, 4.69) is 47.5 Å². The summed E-state index contributed by atoms with van der Waals surface area (Å²) in [6, 6.07) is 16.6. The Bertz CT molecular complexity index is 638. The van der Waals surface area contributed by atoms with Crippen LogP contribution in [0.15, 0.2) is 48.5 Å². The second kappa shape index (κ2) is 4.06. The first-order valence-corrected chi connectivity index (χ1v) is 5.91. The van der Waals surface area contributed by atoms with E-state index in [1.54, 1.807) is 0 Å². The van der Waals surface area contributed by atoms with Gasteiger partial charge in [-0.3, -0.25) is 5.10 Å². The fourth-order valence-corrected chi connectivity index (χ4v) is 2.24. The average molecular weight is 222 g/mol. The van der Waals surface area contributed by atoms with Gasteiger partial charge in [0, 0.05) is 10.9 Å². The van der Waals surface area contributed by atoms with E-state index in [0.29, 0.717) is 0 Å². The standard InChI is InChI=1S/C15H14N2/c1-2-11-9-6-10-13-14(11)15(17-16-13)12-7-4-3-5-8-12/h3-10H,2H2,1H3,(H,16,17). The molecular formula is C15H14N2. The first-order chi connectivity index (χ1) is 8.40. The minimum atomic E-state index is 1.02. The van der Waals surface area contributed by atoms with Crippen LogP contribution < -0.4 is 0 Å². The van der Waals surface area contributed by atoms with Crippen LogP contribution in [0, 0.1) is 0 Å². The summed E-state index contributed by atoms with van der Waals surface area (Å²) in [4.78, 5) is 0. The lowest BCUT2D eigenvalue weighted by Gasteiger charge is -2.02. The van der Waals surface area contributed by atoms with Crippen molar-refractivity contribution in [3.8, 4) is 11.3 Å². The van der Waals surface area contributed by atoms with Gasteiger partial charge in [0.15, 0.2) is 0 Å². The van der Waals surface area contributed by atoms with Crippen LogP contribution in [0.25, 0.3) is 22.2 Å². The predicted molar refractivity (Wildman–Crippen MR) is 70.9 cm³/mol. The Labute approximate surface area is 100 Å².